The molecule has 0 saturated heterocycles. The maximum Gasteiger partial charge on any atom is 0.161 e. The van der Waals surface area contributed by atoms with Gasteiger partial charge in [-0.05, 0) is 31.2 Å². The van der Waals surface area contributed by atoms with Crippen LogP contribution in [0.1, 0.15) is 31.3 Å². The number of hydrogen-bond donors (Lipinski definition) is 0. The Bertz CT molecular complexity index is 843. The second-order valence-electron chi connectivity index (χ2n) is 5.37. The summed E-state index contributed by atoms with van der Waals surface area (Å²) in [5, 5.41) is 8.37. The zero-order valence-electron chi connectivity index (χ0n) is 12.5. The van der Waals surface area contributed by atoms with Gasteiger partial charge in [0, 0.05) is 27.5 Å². The van der Waals surface area contributed by atoms with Crippen LogP contribution >= 0.6 is 11.8 Å². The Morgan fingerprint density at radius 2 is 1.77 bits per heavy atom. The monoisotopic (exact) mass is 319 g/mol. The molecule has 22 heavy (non-hydrogen) atoms. The average molecular weight is 319 g/mol. The lowest BCUT2D eigenvalue weighted by Crippen LogP contribution is -2.01. The number of aryl methyl sites for hydroxylation is 1. The molecule has 0 radical (unpaired) electrons. The van der Waals surface area contributed by atoms with Crippen LogP contribution in [0.4, 0.5) is 8.78 Å². The number of fused-ring (bicyclic) bond motifs is 1. The molecule has 0 aliphatic heterocycles. The number of nitrogens with zero attached hydrogens (tertiary/aromatic N) is 3. The highest BCUT2D eigenvalue weighted by Crippen LogP contribution is 2.33. The molecule has 0 bridgehead atoms. The Balaban J connectivity index is 2.07. The summed E-state index contributed by atoms with van der Waals surface area (Å²) in [6.45, 7) is 6.05. The largest absolute Gasteiger partial charge is 0.282 e. The van der Waals surface area contributed by atoms with Crippen molar-refractivity contribution in [3.8, 4) is 0 Å². The van der Waals surface area contributed by atoms with E-state index >= 15 is 0 Å². The van der Waals surface area contributed by atoms with E-state index in [4.69, 9.17) is 0 Å². The third-order valence-electron chi connectivity index (χ3n) is 3.42. The Morgan fingerprint density at radius 1 is 1.05 bits per heavy atom. The van der Waals surface area contributed by atoms with Gasteiger partial charge in [0.25, 0.3) is 0 Å². The Kier molecular flexibility index (Phi) is 3.87. The van der Waals surface area contributed by atoms with Gasteiger partial charge >= 0.3 is 0 Å². The average Bonchev–Trinajstić information content (AvgIpc) is 2.89. The van der Waals surface area contributed by atoms with Crippen LogP contribution in [0.3, 0.4) is 0 Å². The summed E-state index contributed by atoms with van der Waals surface area (Å²) in [6, 6.07) is 7.35. The van der Waals surface area contributed by atoms with Gasteiger partial charge in [0.1, 0.15) is 17.5 Å². The van der Waals surface area contributed by atoms with E-state index in [-0.39, 0.29) is 5.92 Å². The molecule has 6 heteroatoms. The number of aromatic nitrogens is 3. The summed E-state index contributed by atoms with van der Waals surface area (Å²) in [4.78, 5) is 1.28. The summed E-state index contributed by atoms with van der Waals surface area (Å²) in [7, 11) is 0. The van der Waals surface area contributed by atoms with Gasteiger partial charge in [-0.1, -0.05) is 25.6 Å². The van der Waals surface area contributed by atoms with Crippen LogP contribution < -0.4 is 0 Å². The van der Waals surface area contributed by atoms with E-state index in [1.54, 1.807) is 0 Å². The fourth-order valence-corrected chi connectivity index (χ4v) is 3.20. The van der Waals surface area contributed by atoms with Crippen LogP contribution in [0, 0.1) is 18.6 Å². The van der Waals surface area contributed by atoms with Gasteiger partial charge in [-0.2, -0.15) is 0 Å². The second-order valence-corrected chi connectivity index (χ2v) is 6.45. The normalized spacial score (nSPS) is 11.5. The molecule has 0 spiro atoms. The minimum Gasteiger partial charge on any atom is -0.282 e. The van der Waals surface area contributed by atoms with E-state index in [1.807, 2.05) is 23.5 Å². The maximum absolute atomic E-state index is 13.8. The van der Waals surface area contributed by atoms with Crippen molar-refractivity contribution in [3.05, 3.63) is 53.5 Å². The molecule has 0 aliphatic rings. The Morgan fingerprint density at radius 3 is 2.45 bits per heavy atom. The highest BCUT2D eigenvalue weighted by atomic mass is 32.2. The smallest absolute Gasteiger partial charge is 0.161 e. The van der Waals surface area contributed by atoms with E-state index in [1.165, 1.54) is 23.9 Å². The fourth-order valence-electron chi connectivity index (χ4n) is 2.30. The Hall–Kier alpha value is -1.95. The third kappa shape index (κ3) is 2.59. The molecule has 0 saturated carbocycles. The minimum absolute atomic E-state index is 0.233. The molecule has 3 aromatic rings. The van der Waals surface area contributed by atoms with Gasteiger partial charge in [0.2, 0.25) is 0 Å². The lowest BCUT2D eigenvalue weighted by molar-refractivity contribution is 0.565. The van der Waals surface area contributed by atoms with Crippen LogP contribution in [0.15, 0.2) is 40.1 Å². The molecule has 0 fully saturated rings. The molecule has 0 amide bonds. The van der Waals surface area contributed by atoms with Crippen molar-refractivity contribution in [2.45, 2.75) is 36.5 Å². The van der Waals surface area contributed by atoms with Crippen molar-refractivity contribution in [3.63, 3.8) is 0 Å². The third-order valence-corrected chi connectivity index (χ3v) is 4.62. The molecule has 1 aromatic carbocycles. The summed E-state index contributed by atoms with van der Waals surface area (Å²) < 4.78 is 28.8. The highest BCUT2D eigenvalue weighted by molar-refractivity contribution is 7.99. The van der Waals surface area contributed by atoms with Crippen LogP contribution in [0.5, 0.6) is 0 Å². The number of hydrogen-bond acceptors (Lipinski definition) is 3. The lowest BCUT2D eigenvalue weighted by atomic mass is 10.2. The number of rotatable bonds is 3. The van der Waals surface area contributed by atoms with Crippen LogP contribution in [-0.2, 0) is 0 Å². The molecule has 3 rings (SSSR count). The van der Waals surface area contributed by atoms with Gasteiger partial charge in [-0.25, -0.2) is 8.78 Å². The fraction of sp³-hybridized carbons (Fsp3) is 0.250. The zero-order valence-corrected chi connectivity index (χ0v) is 13.3. The second kappa shape index (κ2) is 5.68. The van der Waals surface area contributed by atoms with Crippen LogP contribution in [0.2, 0.25) is 0 Å². The molecule has 0 aliphatic carbocycles. The molecule has 2 aromatic heterocycles. The van der Waals surface area contributed by atoms with E-state index in [9.17, 15) is 8.78 Å². The first kappa shape index (κ1) is 15.0. The van der Waals surface area contributed by atoms with E-state index in [0.717, 1.165) is 28.1 Å². The first-order valence-electron chi connectivity index (χ1n) is 6.95. The summed E-state index contributed by atoms with van der Waals surface area (Å²) >= 11 is 1.27. The van der Waals surface area contributed by atoms with E-state index < -0.39 is 11.6 Å². The summed E-state index contributed by atoms with van der Waals surface area (Å²) in [5.41, 5.74) is 1.71. The predicted octanol–water partition coefficient (Wildman–Crippen LogP) is 4.59. The molecular formula is C16H15F2N3S. The Labute approximate surface area is 131 Å². The number of benzene rings is 1. The molecule has 114 valence electrons. The van der Waals surface area contributed by atoms with Crippen molar-refractivity contribution in [2.75, 3.05) is 0 Å². The van der Waals surface area contributed by atoms with Gasteiger partial charge in [-0.3, -0.25) is 4.40 Å². The predicted molar refractivity (Wildman–Crippen MR) is 82.3 cm³/mol. The number of pyridine rings is 1. The molecule has 0 unspecified atom stereocenters. The maximum atomic E-state index is 13.8. The molecule has 2 heterocycles. The molecular weight excluding hydrogens is 304 g/mol. The van der Waals surface area contributed by atoms with Crippen molar-refractivity contribution in [2.24, 2.45) is 0 Å². The van der Waals surface area contributed by atoms with Gasteiger partial charge in [0.15, 0.2) is 5.65 Å². The first-order valence-corrected chi connectivity index (χ1v) is 7.76. The summed E-state index contributed by atoms with van der Waals surface area (Å²) in [6.07, 6.45) is 0. The zero-order chi connectivity index (χ0) is 15.9. The standard InChI is InChI=1S/C16H15F2N3S/c1-9(2)16-20-19-15-7-6-13(10(3)21(15)16)22-14-5-4-11(17)8-12(14)18/h4-9H,1-3H3. The van der Waals surface area contributed by atoms with Crippen molar-refractivity contribution in [1.29, 1.82) is 0 Å². The first-order chi connectivity index (χ1) is 10.5. The quantitative estimate of drug-likeness (QED) is 0.707. The van der Waals surface area contributed by atoms with Gasteiger partial charge < -0.3 is 0 Å². The van der Waals surface area contributed by atoms with E-state index in [0.29, 0.717) is 4.90 Å². The van der Waals surface area contributed by atoms with Crippen molar-refractivity contribution >= 4 is 17.4 Å². The minimum atomic E-state index is -0.574. The molecule has 0 N–H and O–H groups in total. The van der Waals surface area contributed by atoms with Gasteiger partial charge in [0.05, 0.1) is 0 Å². The van der Waals surface area contributed by atoms with Crippen LogP contribution in [0.25, 0.3) is 5.65 Å². The van der Waals surface area contributed by atoms with Crippen molar-refractivity contribution < 1.29 is 8.78 Å². The number of halogens is 2. The topological polar surface area (TPSA) is 30.2 Å². The van der Waals surface area contributed by atoms with Crippen LogP contribution in [-0.4, -0.2) is 14.6 Å². The lowest BCUT2D eigenvalue weighted by Gasteiger charge is -2.11. The van der Waals surface area contributed by atoms with Gasteiger partial charge in [-0.15, -0.1) is 10.2 Å². The highest BCUT2D eigenvalue weighted by Gasteiger charge is 2.15. The molecule has 0 atom stereocenters. The summed E-state index contributed by atoms with van der Waals surface area (Å²) in [5.74, 6) is -0.0294. The van der Waals surface area contributed by atoms with E-state index in [2.05, 4.69) is 24.0 Å². The molecule has 3 nitrogen and oxygen atoms in total. The SMILES string of the molecule is Cc1c(Sc2ccc(F)cc2F)ccc2nnc(C(C)C)n12. The van der Waals surface area contributed by atoms with Crippen molar-refractivity contribution in [1.82, 2.24) is 14.6 Å².